The molecule has 96 valence electrons. The number of aliphatic carboxylic acids is 1. The highest BCUT2D eigenvalue weighted by molar-refractivity contribution is 5.83. The molecule has 2 saturated carbocycles. The van der Waals surface area contributed by atoms with Crippen LogP contribution >= 0.6 is 0 Å². The Hall–Kier alpha value is -1.10. The average Bonchev–Trinajstić information content (AvgIpc) is 3.03. The van der Waals surface area contributed by atoms with Crippen molar-refractivity contribution in [3.05, 3.63) is 0 Å². The van der Waals surface area contributed by atoms with Crippen LogP contribution in [-0.4, -0.2) is 36.7 Å². The molecule has 0 aliphatic heterocycles. The lowest BCUT2D eigenvalue weighted by Crippen LogP contribution is -2.38. The first-order valence-electron chi connectivity index (χ1n) is 6.18. The summed E-state index contributed by atoms with van der Waals surface area (Å²) in [6.07, 6.45) is 3.80. The van der Waals surface area contributed by atoms with Crippen LogP contribution in [0.15, 0.2) is 0 Å². The first-order chi connectivity index (χ1) is 8.15. The summed E-state index contributed by atoms with van der Waals surface area (Å²) >= 11 is 0. The van der Waals surface area contributed by atoms with Crippen molar-refractivity contribution in [3.8, 4) is 0 Å². The Morgan fingerprint density at radius 2 is 1.94 bits per heavy atom. The van der Waals surface area contributed by atoms with Crippen LogP contribution in [0, 0.1) is 17.8 Å². The maximum absolute atomic E-state index is 11.9. The third-order valence-electron chi connectivity index (χ3n) is 3.98. The zero-order chi connectivity index (χ0) is 12.4. The molecule has 0 heterocycles. The molecule has 0 saturated heterocycles. The Kier molecular flexibility index (Phi) is 3.66. The molecule has 0 spiro atoms. The maximum Gasteiger partial charge on any atom is 0.334 e. The van der Waals surface area contributed by atoms with Gasteiger partial charge in [0.15, 0.2) is 6.10 Å². The Labute approximate surface area is 101 Å². The second-order valence-electron chi connectivity index (χ2n) is 4.95. The van der Waals surface area contributed by atoms with Gasteiger partial charge in [-0.3, -0.25) is 4.79 Å². The fourth-order valence-electron chi connectivity index (χ4n) is 2.96. The van der Waals surface area contributed by atoms with E-state index in [4.69, 9.17) is 9.84 Å². The van der Waals surface area contributed by atoms with Crippen molar-refractivity contribution in [1.29, 1.82) is 0 Å². The van der Waals surface area contributed by atoms with Gasteiger partial charge in [0.05, 0.1) is 6.54 Å². The summed E-state index contributed by atoms with van der Waals surface area (Å²) < 4.78 is 4.77. The van der Waals surface area contributed by atoms with Crippen molar-refractivity contribution in [1.82, 2.24) is 5.32 Å². The number of methoxy groups -OCH3 is 1. The molecule has 2 N–H and O–H groups in total. The van der Waals surface area contributed by atoms with Crippen molar-refractivity contribution in [2.24, 2.45) is 17.8 Å². The van der Waals surface area contributed by atoms with Gasteiger partial charge in [0.2, 0.25) is 5.91 Å². The summed E-state index contributed by atoms with van der Waals surface area (Å²) in [4.78, 5) is 22.6. The van der Waals surface area contributed by atoms with E-state index in [9.17, 15) is 9.59 Å². The predicted molar refractivity (Wildman–Crippen MR) is 60.4 cm³/mol. The van der Waals surface area contributed by atoms with E-state index in [2.05, 4.69) is 5.32 Å². The quantitative estimate of drug-likeness (QED) is 0.740. The molecule has 0 radical (unpaired) electrons. The van der Waals surface area contributed by atoms with Crippen molar-refractivity contribution in [3.63, 3.8) is 0 Å². The van der Waals surface area contributed by atoms with Crippen LogP contribution in [-0.2, 0) is 14.3 Å². The number of carboxylic acids is 1. The lowest BCUT2D eigenvalue weighted by Gasteiger charge is -2.11. The Morgan fingerprint density at radius 1 is 1.35 bits per heavy atom. The van der Waals surface area contributed by atoms with Crippen molar-refractivity contribution in [2.75, 3.05) is 13.7 Å². The Morgan fingerprint density at radius 3 is 2.41 bits per heavy atom. The highest BCUT2D eigenvalue weighted by atomic mass is 16.5. The second-order valence-corrected chi connectivity index (χ2v) is 4.95. The van der Waals surface area contributed by atoms with E-state index in [1.807, 2.05) is 0 Å². The van der Waals surface area contributed by atoms with Gasteiger partial charge in [-0.2, -0.15) is 0 Å². The number of ether oxygens (including phenoxy) is 1. The fourth-order valence-corrected chi connectivity index (χ4v) is 2.96. The number of fused-ring (bicyclic) bond motifs is 1. The van der Waals surface area contributed by atoms with E-state index in [0.717, 1.165) is 12.8 Å². The zero-order valence-electron chi connectivity index (χ0n) is 10.0. The molecule has 3 unspecified atom stereocenters. The number of carbonyl (C=O) groups excluding carboxylic acids is 1. The summed E-state index contributed by atoms with van der Waals surface area (Å²) in [6, 6.07) is 0. The molecule has 5 nitrogen and oxygen atoms in total. The molecule has 2 aliphatic carbocycles. The minimum absolute atomic E-state index is 0.00481. The lowest BCUT2D eigenvalue weighted by atomic mass is 10.0. The molecular weight excluding hydrogens is 222 g/mol. The van der Waals surface area contributed by atoms with Crippen LogP contribution in [0.1, 0.15) is 25.7 Å². The van der Waals surface area contributed by atoms with Crippen LogP contribution in [0.4, 0.5) is 0 Å². The number of nitrogens with one attached hydrogen (secondary N) is 1. The monoisotopic (exact) mass is 241 g/mol. The summed E-state index contributed by atoms with van der Waals surface area (Å²) in [5.74, 6) is 0.194. The Bertz CT molecular complexity index is 306. The topological polar surface area (TPSA) is 75.6 Å². The van der Waals surface area contributed by atoms with Crippen LogP contribution in [0.3, 0.4) is 0 Å². The fraction of sp³-hybridized carbons (Fsp3) is 0.833. The van der Waals surface area contributed by atoms with Crippen LogP contribution in [0.5, 0.6) is 0 Å². The van der Waals surface area contributed by atoms with Crippen LogP contribution in [0.25, 0.3) is 0 Å². The van der Waals surface area contributed by atoms with Gasteiger partial charge in [-0.1, -0.05) is 12.8 Å². The number of carbonyl (C=O) groups is 2. The smallest absolute Gasteiger partial charge is 0.334 e. The molecule has 2 rings (SSSR count). The van der Waals surface area contributed by atoms with E-state index < -0.39 is 12.1 Å². The van der Waals surface area contributed by atoms with Gasteiger partial charge < -0.3 is 15.2 Å². The molecule has 3 atom stereocenters. The highest BCUT2D eigenvalue weighted by Gasteiger charge is 2.54. The van der Waals surface area contributed by atoms with E-state index in [1.165, 1.54) is 20.0 Å². The molecule has 17 heavy (non-hydrogen) atoms. The van der Waals surface area contributed by atoms with Crippen molar-refractivity contribution >= 4 is 11.9 Å². The number of hydrogen-bond acceptors (Lipinski definition) is 3. The van der Waals surface area contributed by atoms with Crippen LogP contribution < -0.4 is 5.32 Å². The van der Waals surface area contributed by atoms with Gasteiger partial charge in [-0.25, -0.2) is 4.79 Å². The van der Waals surface area contributed by atoms with Crippen molar-refractivity contribution < 1.29 is 19.4 Å². The third-order valence-corrected chi connectivity index (χ3v) is 3.98. The lowest BCUT2D eigenvalue weighted by molar-refractivity contribution is -0.148. The summed E-state index contributed by atoms with van der Waals surface area (Å²) in [5.41, 5.74) is 0. The third kappa shape index (κ3) is 2.60. The van der Waals surface area contributed by atoms with Crippen LogP contribution in [0.2, 0.25) is 0 Å². The first-order valence-corrected chi connectivity index (χ1v) is 6.18. The van der Waals surface area contributed by atoms with Gasteiger partial charge in [-0.15, -0.1) is 0 Å². The minimum atomic E-state index is -1.04. The SMILES string of the molecule is COC(CNC(=O)C1C2CCCCC21)C(=O)O. The average molecular weight is 241 g/mol. The van der Waals surface area contributed by atoms with Gasteiger partial charge in [-0.05, 0) is 24.7 Å². The molecule has 0 aromatic carbocycles. The maximum atomic E-state index is 11.9. The van der Waals surface area contributed by atoms with E-state index >= 15 is 0 Å². The molecule has 2 aliphatic rings. The largest absolute Gasteiger partial charge is 0.479 e. The summed E-state index contributed by atoms with van der Waals surface area (Å²) in [7, 11) is 1.34. The number of rotatable bonds is 5. The van der Waals surface area contributed by atoms with E-state index in [1.54, 1.807) is 0 Å². The number of carboxylic acid groups (broad SMARTS) is 1. The normalized spacial score (nSPS) is 32.4. The number of amides is 1. The zero-order valence-corrected chi connectivity index (χ0v) is 10.0. The second kappa shape index (κ2) is 5.04. The molecule has 0 aromatic heterocycles. The van der Waals surface area contributed by atoms with Gasteiger partial charge in [0, 0.05) is 13.0 Å². The molecular formula is C12H19NO4. The van der Waals surface area contributed by atoms with Gasteiger partial charge in [0.1, 0.15) is 0 Å². The molecule has 1 amide bonds. The highest BCUT2D eigenvalue weighted by Crippen LogP contribution is 2.55. The van der Waals surface area contributed by atoms with Gasteiger partial charge >= 0.3 is 5.97 Å². The van der Waals surface area contributed by atoms with E-state index in [0.29, 0.717) is 11.8 Å². The standard InChI is InChI=1S/C12H19NO4/c1-17-9(12(15)16)6-13-11(14)10-7-4-2-3-5-8(7)10/h7-10H,2-6H2,1H3,(H,13,14)(H,15,16). The molecule has 0 aromatic rings. The van der Waals surface area contributed by atoms with E-state index in [-0.39, 0.29) is 18.4 Å². The Balaban J connectivity index is 1.76. The molecule has 5 heteroatoms. The predicted octanol–water partition coefficient (Wildman–Crippen LogP) is 0.638. The summed E-state index contributed by atoms with van der Waals surface area (Å²) in [5, 5.41) is 11.5. The first kappa shape index (κ1) is 12.4. The molecule has 2 fully saturated rings. The van der Waals surface area contributed by atoms with Crippen molar-refractivity contribution in [2.45, 2.75) is 31.8 Å². The number of hydrogen-bond donors (Lipinski definition) is 2. The summed E-state index contributed by atoms with van der Waals surface area (Å²) in [6.45, 7) is 0.0562. The van der Waals surface area contributed by atoms with Gasteiger partial charge in [0.25, 0.3) is 0 Å². The molecule has 0 bridgehead atoms. The minimum Gasteiger partial charge on any atom is -0.479 e.